The summed E-state index contributed by atoms with van der Waals surface area (Å²) in [4.78, 5) is 0. The Labute approximate surface area is 132 Å². The molecule has 2 aromatic rings. The van der Waals surface area contributed by atoms with Gasteiger partial charge < -0.3 is 10.1 Å². The van der Waals surface area contributed by atoms with Crippen LogP contribution in [0, 0.1) is 0 Å². The number of ether oxygens (including phenoxy) is 1. The molecule has 0 aliphatic heterocycles. The molecule has 1 atom stereocenters. The van der Waals surface area contributed by atoms with Crippen LogP contribution in [-0.2, 0) is 0 Å². The number of halogens is 1. The second-order valence-corrected chi connectivity index (χ2v) is 5.91. The fraction of sp³-hybridized carbons (Fsp3) is 0.333. The van der Waals surface area contributed by atoms with Crippen LogP contribution in [-0.4, -0.2) is 12.6 Å². The van der Waals surface area contributed by atoms with Crippen molar-refractivity contribution < 1.29 is 4.74 Å². The van der Waals surface area contributed by atoms with Crippen LogP contribution in [0.5, 0.6) is 5.75 Å². The molecule has 2 nitrogen and oxygen atoms in total. The van der Waals surface area contributed by atoms with Crippen LogP contribution in [0.2, 0.25) is 5.02 Å². The molecule has 2 aromatic carbocycles. The Balaban J connectivity index is 1.96. The molecule has 0 fully saturated rings. The fourth-order valence-corrected chi connectivity index (χ4v) is 2.36. The van der Waals surface area contributed by atoms with E-state index in [1.807, 2.05) is 38.1 Å². The molecule has 0 spiro atoms. The SMILES string of the molecule is CC(C)Oc1ccc(NCC(C)c2ccccc2)cc1Cl. The lowest BCUT2D eigenvalue weighted by Gasteiger charge is -2.16. The summed E-state index contributed by atoms with van der Waals surface area (Å²) in [5, 5.41) is 4.06. The van der Waals surface area contributed by atoms with Crippen molar-refractivity contribution in [3.05, 3.63) is 59.1 Å². The first kappa shape index (κ1) is 15.7. The Bertz CT molecular complexity index is 569. The Hall–Kier alpha value is -1.67. The summed E-state index contributed by atoms with van der Waals surface area (Å²) in [6, 6.07) is 16.3. The van der Waals surface area contributed by atoms with Crippen molar-refractivity contribution in [2.24, 2.45) is 0 Å². The molecule has 0 aliphatic carbocycles. The average Bonchev–Trinajstić information content (AvgIpc) is 2.48. The van der Waals surface area contributed by atoms with Gasteiger partial charge in [0.2, 0.25) is 0 Å². The van der Waals surface area contributed by atoms with E-state index in [1.54, 1.807) is 0 Å². The number of anilines is 1. The van der Waals surface area contributed by atoms with Gasteiger partial charge in [0.1, 0.15) is 5.75 Å². The molecule has 1 unspecified atom stereocenters. The molecule has 0 aromatic heterocycles. The maximum Gasteiger partial charge on any atom is 0.138 e. The fourth-order valence-electron chi connectivity index (χ4n) is 2.13. The molecule has 112 valence electrons. The van der Waals surface area contributed by atoms with E-state index in [2.05, 4.69) is 36.5 Å². The molecule has 0 heterocycles. The van der Waals surface area contributed by atoms with Crippen LogP contribution in [0.25, 0.3) is 0 Å². The highest BCUT2D eigenvalue weighted by Crippen LogP contribution is 2.29. The third kappa shape index (κ3) is 4.68. The summed E-state index contributed by atoms with van der Waals surface area (Å²) in [5.41, 5.74) is 2.34. The van der Waals surface area contributed by atoms with Crippen LogP contribution >= 0.6 is 11.6 Å². The highest BCUT2D eigenvalue weighted by atomic mass is 35.5. The summed E-state index contributed by atoms with van der Waals surface area (Å²) in [6.45, 7) is 7.05. The molecule has 2 rings (SSSR count). The Kier molecular flexibility index (Phi) is 5.51. The topological polar surface area (TPSA) is 21.3 Å². The van der Waals surface area contributed by atoms with E-state index in [0.29, 0.717) is 10.9 Å². The molecule has 0 radical (unpaired) electrons. The average molecular weight is 304 g/mol. The highest BCUT2D eigenvalue weighted by molar-refractivity contribution is 6.32. The lowest BCUT2D eigenvalue weighted by Crippen LogP contribution is -2.10. The predicted octanol–water partition coefficient (Wildman–Crippen LogP) is 5.34. The van der Waals surface area contributed by atoms with E-state index < -0.39 is 0 Å². The molecule has 0 saturated carbocycles. The summed E-state index contributed by atoms with van der Waals surface area (Å²) >= 11 is 6.24. The maximum absolute atomic E-state index is 6.24. The third-order valence-corrected chi connectivity index (χ3v) is 3.57. The van der Waals surface area contributed by atoms with Crippen LogP contribution in [0.4, 0.5) is 5.69 Å². The minimum Gasteiger partial charge on any atom is -0.489 e. The van der Waals surface area contributed by atoms with Gasteiger partial charge in [-0.25, -0.2) is 0 Å². The van der Waals surface area contributed by atoms with Crippen molar-refractivity contribution in [1.29, 1.82) is 0 Å². The maximum atomic E-state index is 6.24. The van der Waals surface area contributed by atoms with Gasteiger partial charge in [-0.05, 0) is 43.5 Å². The van der Waals surface area contributed by atoms with Gasteiger partial charge in [0, 0.05) is 12.2 Å². The second-order valence-electron chi connectivity index (χ2n) is 5.50. The third-order valence-electron chi connectivity index (χ3n) is 3.28. The van der Waals surface area contributed by atoms with Crippen molar-refractivity contribution in [3.63, 3.8) is 0 Å². The van der Waals surface area contributed by atoms with Crippen LogP contribution < -0.4 is 10.1 Å². The molecule has 3 heteroatoms. The zero-order valence-electron chi connectivity index (χ0n) is 12.8. The van der Waals surface area contributed by atoms with E-state index in [9.17, 15) is 0 Å². The van der Waals surface area contributed by atoms with Crippen molar-refractivity contribution in [2.45, 2.75) is 32.8 Å². The van der Waals surface area contributed by atoms with E-state index in [4.69, 9.17) is 16.3 Å². The van der Waals surface area contributed by atoms with E-state index in [0.717, 1.165) is 18.0 Å². The van der Waals surface area contributed by atoms with Gasteiger partial charge >= 0.3 is 0 Å². The molecule has 21 heavy (non-hydrogen) atoms. The largest absolute Gasteiger partial charge is 0.489 e. The lowest BCUT2D eigenvalue weighted by atomic mass is 10.0. The number of benzene rings is 2. The van der Waals surface area contributed by atoms with Gasteiger partial charge in [0.15, 0.2) is 0 Å². The van der Waals surface area contributed by atoms with E-state index in [1.165, 1.54) is 5.56 Å². The number of rotatable bonds is 6. The van der Waals surface area contributed by atoms with Gasteiger partial charge in [-0.2, -0.15) is 0 Å². The molecule has 1 N–H and O–H groups in total. The first-order valence-electron chi connectivity index (χ1n) is 7.31. The number of nitrogens with one attached hydrogen (secondary N) is 1. The van der Waals surface area contributed by atoms with Gasteiger partial charge in [-0.3, -0.25) is 0 Å². The Morgan fingerprint density at radius 2 is 1.76 bits per heavy atom. The van der Waals surface area contributed by atoms with E-state index in [-0.39, 0.29) is 6.10 Å². The number of hydrogen-bond donors (Lipinski definition) is 1. The Morgan fingerprint density at radius 1 is 1.05 bits per heavy atom. The zero-order chi connectivity index (χ0) is 15.2. The summed E-state index contributed by atoms with van der Waals surface area (Å²) in [6.07, 6.45) is 0.124. The summed E-state index contributed by atoms with van der Waals surface area (Å²) < 4.78 is 5.64. The van der Waals surface area contributed by atoms with Gasteiger partial charge in [0.25, 0.3) is 0 Å². The van der Waals surface area contributed by atoms with Crippen molar-refractivity contribution >= 4 is 17.3 Å². The van der Waals surface area contributed by atoms with Crippen molar-refractivity contribution in [2.75, 3.05) is 11.9 Å². The first-order chi connectivity index (χ1) is 10.1. The first-order valence-corrected chi connectivity index (χ1v) is 7.69. The second kappa shape index (κ2) is 7.37. The van der Waals surface area contributed by atoms with Gasteiger partial charge in [-0.15, -0.1) is 0 Å². The molecular formula is C18H22ClNO. The van der Waals surface area contributed by atoms with Crippen molar-refractivity contribution in [1.82, 2.24) is 0 Å². The predicted molar refractivity (Wildman–Crippen MR) is 90.6 cm³/mol. The van der Waals surface area contributed by atoms with Crippen molar-refractivity contribution in [3.8, 4) is 5.75 Å². The minimum absolute atomic E-state index is 0.124. The standard InChI is InChI=1S/C18H22ClNO/c1-13(2)21-18-10-9-16(11-17(18)19)20-12-14(3)15-7-5-4-6-8-15/h4-11,13-14,20H,12H2,1-3H3. The lowest BCUT2D eigenvalue weighted by molar-refractivity contribution is 0.242. The van der Waals surface area contributed by atoms with Crippen LogP contribution in [0.15, 0.2) is 48.5 Å². The van der Waals surface area contributed by atoms with Gasteiger partial charge in [-0.1, -0.05) is 48.9 Å². The molecular weight excluding hydrogens is 282 g/mol. The molecule has 0 aliphatic rings. The van der Waals surface area contributed by atoms with E-state index >= 15 is 0 Å². The van der Waals surface area contributed by atoms with Gasteiger partial charge in [0.05, 0.1) is 11.1 Å². The minimum atomic E-state index is 0.124. The molecule has 0 saturated heterocycles. The highest BCUT2D eigenvalue weighted by Gasteiger charge is 2.07. The number of hydrogen-bond acceptors (Lipinski definition) is 2. The quantitative estimate of drug-likeness (QED) is 0.777. The normalized spacial score (nSPS) is 12.2. The summed E-state index contributed by atoms with van der Waals surface area (Å²) in [7, 11) is 0. The Morgan fingerprint density at radius 3 is 2.38 bits per heavy atom. The molecule has 0 amide bonds. The summed E-state index contributed by atoms with van der Waals surface area (Å²) in [5.74, 6) is 1.17. The van der Waals surface area contributed by atoms with Crippen LogP contribution in [0.1, 0.15) is 32.3 Å². The monoisotopic (exact) mass is 303 g/mol. The molecule has 0 bridgehead atoms. The smallest absolute Gasteiger partial charge is 0.138 e. The van der Waals surface area contributed by atoms with Crippen LogP contribution in [0.3, 0.4) is 0 Å². The zero-order valence-corrected chi connectivity index (χ0v) is 13.5.